The molecule has 0 bridgehead atoms. The number of phenolic OH excluding ortho intramolecular Hbond substituents is 1. The summed E-state index contributed by atoms with van der Waals surface area (Å²) in [5.74, 6) is -0.368. The number of ketones is 1. The van der Waals surface area contributed by atoms with E-state index in [2.05, 4.69) is 22.6 Å². The number of rotatable bonds is 2. The van der Waals surface area contributed by atoms with E-state index in [0.717, 1.165) is 3.57 Å². The third kappa shape index (κ3) is 2.61. The van der Waals surface area contributed by atoms with Gasteiger partial charge in [0.1, 0.15) is 5.75 Å². The molecule has 0 unspecified atom stereocenters. The highest BCUT2D eigenvalue weighted by molar-refractivity contribution is 14.1. The molecular weight excluding hydrogens is 350 g/mol. The second-order valence-corrected chi connectivity index (χ2v) is 5.13. The van der Waals surface area contributed by atoms with E-state index in [9.17, 15) is 9.90 Å². The summed E-state index contributed by atoms with van der Waals surface area (Å²) in [6.45, 7) is 0. The first kappa shape index (κ1) is 12.4. The molecule has 0 saturated carbocycles. The van der Waals surface area contributed by atoms with E-state index >= 15 is 0 Å². The molecule has 2 rings (SSSR count). The summed E-state index contributed by atoms with van der Waals surface area (Å²) in [4.78, 5) is 12.2. The van der Waals surface area contributed by atoms with E-state index in [4.69, 9.17) is 11.6 Å². The van der Waals surface area contributed by atoms with Crippen LogP contribution in [0.5, 0.6) is 5.75 Å². The van der Waals surface area contributed by atoms with Crippen LogP contribution in [0.3, 0.4) is 0 Å². The number of phenols is 1. The summed E-state index contributed by atoms with van der Waals surface area (Å²) in [6.07, 6.45) is 0. The molecule has 4 heteroatoms. The lowest BCUT2D eigenvalue weighted by atomic mass is 10.0. The van der Waals surface area contributed by atoms with E-state index in [1.165, 1.54) is 6.07 Å². The minimum absolute atomic E-state index is 0.0960. The van der Waals surface area contributed by atoms with E-state index in [1.807, 2.05) is 6.07 Å². The summed E-state index contributed by atoms with van der Waals surface area (Å²) in [5.41, 5.74) is 0.663. The van der Waals surface area contributed by atoms with Crippen LogP contribution < -0.4 is 0 Å². The molecule has 1 N–H and O–H groups in total. The molecule has 0 spiro atoms. The van der Waals surface area contributed by atoms with Gasteiger partial charge in [0.25, 0.3) is 0 Å². The average Bonchev–Trinajstić information content (AvgIpc) is 2.28. The first-order chi connectivity index (χ1) is 8.09. The first-order valence-corrected chi connectivity index (χ1v) is 6.33. The molecule has 17 heavy (non-hydrogen) atoms. The van der Waals surface area contributed by atoms with E-state index in [0.29, 0.717) is 5.56 Å². The quantitative estimate of drug-likeness (QED) is 0.653. The fraction of sp³-hybridized carbons (Fsp3) is 0. The number of hydrogen-bond acceptors (Lipinski definition) is 2. The highest BCUT2D eigenvalue weighted by Gasteiger charge is 2.16. The fourth-order valence-electron chi connectivity index (χ4n) is 1.51. The molecule has 0 aromatic heterocycles. The number of carbonyl (C=O) groups is 1. The Kier molecular flexibility index (Phi) is 3.69. The van der Waals surface area contributed by atoms with Crippen molar-refractivity contribution in [3.05, 3.63) is 62.2 Å². The molecule has 2 nitrogen and oxygen atoms in total. The number of carbonyl (C=O) groups excluding carboxylic acids is 1. The monoisotopic (exact) mass is 358 g/mol. The molecule has 0 fully saturated rings. The molecule has 0 aliphatic carbocycles. The van der Waals surface area contributed by atoms with Gasteiger partial charge in [0.15, 0.2) is 5.78 Å². The maximum Gasteiger partial charge on any atom is 0.198 e. The van der Waals surface area contributed by atoms with Crippen LogP contribution in [-0.2, 0) is 0 Å². The number of hydrogen-bond donors (Lipinski definition) is 1. The van der Waals surface area contributed by atoms with Gasteiger partial charge in [0, 0.05) is 9.13 Å². The van der Waals surface area contributed by atoms with Crippen molar-refractivity contribution in [1.82, 2.24) is 0 Å². The van der Waals surface area contributed by atoms with Crippen molar-refractivity contribution in [3.63, 3.8) is 0 Å². The van der Waals surface area contributed by atoms with Gasteiger partial charge >= 0.3 is 0 Å². The van der Waals surface area contributed by atoms with Crippen LogP contribution in [0, 0.1) is 3.57 Å². The highest BCUT2D eigenvalue weighted by atomic mass is 127. The zero-order chi connectivity index (χ0) is 12.4. The summed E-state index contributed by atoms with van der Waals surface area (Å²) in [6, 6.07) is 11.8. The van der Waals surface area contributed by atoms with Crippen LogP contribution in [0.1, 0.15) is 15.9 Å². The molecule has 0 saturated heterocycles. The summed E-state index contributed by atoms with van der Waals surface area (Å²) in [5, 5.41) is 9.94. The predicted molar refractivity (Wildman–Crippen MR) is 75.7 cm³/mol. The van der Waals surface area contributed by atoms with Crippen molar-refractivity contribution in [1.29, 1.82) is 0 Å². The van der Waals surface area contributed by atoms with E-state index < -0.39 is 0 Å². The Labute approximate surface area is 117 Å². The van der Waals surface area contributed by atoms with Crippen molar-refractivity contribution in [2.24, 2.45) is 0 Å². The zero-order valence-electron chi connectivity index (χ0n) is 8.65. The van der Waals surface area contributed by atoms with Gasteiger partial charge in [-0.25, -0.2) is 0 Å². The third-order valence-electron chi connectivity index (χ3n) is 2.31. The smallest absolute Gasteiger partial charge is 0.198 e. The normalized spacial score (nSPS) is 10.2. The molecule has 0 atom stereocenters. The van der Waals surface area contributed by atoms with Crippen molar-refractivity contribution in [2.75, 3.05) is 0 Å². The summed E-state index contributed by atoms with van der Waals surface area (Å²) < 4.78 is 0.958. The van der Waals surface area contributed by atoms with Crippen LogP contribution in [0.25, 0.3) is 0 Å². The first-order valence-electron chi connectivity index (χ1n) is 4.87. The Morgan fingerprint density at radius 2 is 1.88 bits per heavy atom. The Morgan fingerprint density at radius 3 is 2.53 bits per heavy atom. The van der Waals surface area contributed by atoms with Gasteiger partial charge < -0.3 is 5.11 Å². The predicted octanol–water partition coefficient (Wildman–Crippen LogP) is 3.88. The topological polar surface area (TPSA) is 37.3 Å². The van der Waals surface area contributed by atoms with Crippen LogP contribution in [-0.4, -0.2) is 10.9 Å². The molecule has 2 aromatic rings. The van der Waals surface area contributed by atoms with Gasteiger partial charge in [0.05, 0.1) is 10.6 Å². The van der Waals surface area contributed by atoms with Crippen molar-refractivity contribution < 1.29 is 9.90 Å². The highest BCUT2D eigenvalue weighted by Crippen LogP contribution is 2.28. The van der Waals surface area contributed by atoms with Crippen molar-refractivity contribution in [3.8, 4) is 5.75 Å². The van der Waals surface area contributed by atoms with Gasteiger partial charge in [0.2, 0.25) is 0 Å². The molecule has 0 amide bonds. The molecule has 0 aliphatic rings. The Bertz CT molecular complexity index is 561. The van der Waals surface area contributed by atoms with E-state index in [1.54, 1.807) is 30.3 Å². The Balaban J connectivity index is 2.51. The van der Waals surface area contributed by atoms with Crippen molar-refractivity contribution in [2.45, 2.75) is 0 Å². The fourth-order valence-corrected chi connectivity index (χ4v) is 2.31. The zero-order valence-corrected chi connectivity index (χ0v) is 11.6. The lowest BCUT2D eigenvalue weighted by Crippen LogP contribution is -2.02. The molecule has 0 radical (unpaired) electrons. The second-order valence-electron chi connectivity index (χ2n) is 3.47. The lowest BCUT2D eigenvalue weighted by molar-refractivity contribution is 0.103. The summed E-state index contributed by atoms with van der Waals surface area (Å²) in [7, 11) is 0. The minimum atomic E-state index is -0.272. The Morgan fingerprint density at radius 1 is 1.18 bits per heavy atom. The number of halogens is 2. The molecule has 0 heterocycles. The van der Waals surface area contributed by atoms with Crippen LogP contribution in [0.15, 0.2) is 42.5 Å². The largest absolute Gasteiger partial charge is 0.507 e. The maximum atomic E-state index is 12.2. The molecule has 86 valence electrons. The average molecular weight is 359 g/mol. The van der Waals surface area contributed by atoms with Crippen molar-refractivity contribution >= 4 is 40.0 Å². The van der Waals surface area contributed by atoms with Gasteiger partial charge in [-0.05, 0) is 46.9 Å². The number of benzene rings is 2. The Hall–Kier alpha value is -1.07. The second kappa shape index (κ2) is 5.06. The lowest BCUT2D eigenvalue weighted by Gasteiger charge is -2.06. The van der Waals surface area contributed by atoms with Gasteiger partial charge in [-0.3, -0.25) is 4.79 Å². The minimum Gasteiger partial charge on any atom is -0.507 e. The number of aromatic hydroxyl groups is 1. The standard InChI is InChI=1S/C13H8ClIO2/c14-10-5-2-6-11(16)12(10)13(17)8-3-1-4-9(15)7-8/h1-7,16H. The van der Waals surface area contributed by atoms with Gasteiger partial charge in [-0.2, -0.15) is 0 Å². The van der Waals surface area contributed by atoms with E-state index in [-0.39, 0.29) is 22.1 Å². The third-order valence-corrected chi connectivity index (χ3v) is 3.29. The van der Waals surface area contributed by atoms with Gasteiger partial charge in [-0.1, -0.05) is 29.8 Å². The molecule has 2 aromatic carbocycles. The SMILES string of the molecule is O=C(c1cccc(I)c1)c1c(O)cccc1Cl. The van der Waals surface area contributed by atoms with Gasteiger partial charge in [-0.15, -0.1) is 0 Å². The molecular formula is C13H8ClIO2. The molecule has 0 aliphatic heterocycles. The van der Waals surface area contributed by atoms with Crippen LogP contribution >= 0.6 is 34.2 Å². The van der Waals surface area contributed by atoms with Crippen LogP contribution in [0.2, 0.25) is 5.02 Å². The van der Waals surface area contributed by atoms with Crippen LogP contribution in [0.4, 0.5) is 0 Å². The maximum absolute atomic E-state index is 12.2. The summed E-state index contributed by atoms with van der Waals surface area (Å²) >= 11 is 8.06.